The molecule has 2 heteroatoms. The summed E-state index contributed by atoms with van der Waals surface area (Å²) in [4.78, 5) is 0. The van der Waals surface area contributed by atoms with E-state index in [1.165, 1.54) is 27.6 Å². The van der Waals surface area contributed by atoms with E-state index < -0.39 is 0 Å². The maximum absolute atomic E-state index is 3.24. The molecule has 0 saturated heterocycles. The van der Waals surface area contributed by atoms with E-state index in [2.05, 4.69) is 48.7 Å². The summed E-state index contributed by atoms with van der Waals surface area (Å²) in [5, 5.41) is 9.07. The fraction of sp³-hybridized carbons (Fsp3) is 0.286. The fourth-order valence-electron chi connectivity index (χ4n) is 2.16. The third-order valence-corrected chi connectivity index (χ3v) is 3.17. The maximum atomic E-state index is 3.24. The van der Waals surface area contributed by atoms with Gasteiger partial charge in [0.2, 0.25) is 0 Å². The highest BCUT2D eigenvalue weighted by Gasteiger charge is 2.06. The summed E-state index contributed by atoms with van der Waals surface area (Å²) in [6.45, 7) is 4.31. The second-order valence-electron chi connectivity index (χ2n) is 4.13. The quantitative estimate of drug-likeness (QED) is 0.799. The predicted octanol–water partition coefficient (Wildman–Crippen LogP) is 3.54. The number of hydrogen-bond donors (Lipinski definition) is 2. The number of aryl methyl sites for hydroxylation is 2. The first-order valence-electron chi connectivity index (χ1n) is 5.57. The first kappa shape index (κ1) is 10.8. The summed E-state index contributed by atoms with van der Waals surface area (Å²) in [5.41, 5.74) is 4.99. The van der Waals surface area contributed by atoms with Crippen molar-refractivity contribution in [3.8, 4) is 0 Å². The molecule has 84 valence electrons. The zero-order chi connectivity index (χ0) is 11.7. The second-order valence-corrected chi connectivity index (χ2v) is 4.13. The molecule has 0 aliphatic rings. The van der Waals surface area contributed by atoms with Crippen molar-refractivity contribution in [2.75, 3.05) is 24.7 Å². The van der Waals surface area contributed by atoms with Crippen molar-refractivity contribution in [1.29, 1.82) is 0 Å². The van der Waals surface area contributed by atoms with Crippen molar-refractivity contribution in [3.63, 3.8) is 0 Å². The lowest BCUT2D eigenvalue weighted by Crippen LogP contribution is -1.95. The number of nitrogens with one attached hydrogen (secondary N) is 2. The molecule has 0 spiro atoms. The van der Waals surface area contributed by atoms with Gasteiger partial charge in [-0.25, -0.2) is 0 Å². The van der Waals surface area contributed by atoms with Crippen molar-refractivity contribution in [1.82, 2.24) is 0 Å². The molecule has 0 aromatic heterocycles. The molecule has 2 aromatic rings. The van der Waals surface area contributed by atoms with E-state index in [4.69, 9.17) is 0 Å². The minimum absolute atomic E-state index is 1.16. The summed E-state index contributed by atoms with van der Waals surface area (Å²) in [6.07, 6.45) is 0. The number of anilines is 2. The Morgan fingerprint density at radius 3 is 2.25 bits per heavy atom. The van der Waals surface area contributed by atoms with Gasteiger partial charge in [0, 0.05) is 25.5 Å². The van der Waals surface area contributed by atoms with E-state index in [9.17, 15) is 0 Å². The molecule has 0 amide bonds. The van der Waals surface area contributed by atoms with Crippen molar-refractivity contribution in [3.05, 3.63) is 35.4 Å². The molecule has 2 nitrogen and oxygen atoms in total. The predicted molar refractivity (Wildman–Crippen MR) is 72.5 cm³/mol. The van der Waals surface area contributed by atoms with Crippen LogP contribution in [0.4, 0.5) is 11.4 Å². The fourth-order valence-corrected chi connectivity index (χ4v) is 2.16. The molecule has 0 unspecified atom stereocenters. The van der Waals surface area contributed by atoms with Crippen molar-refractivity contribution < 1.29 is 0 Å². The van der Waals surface area contributed by atoms with Gasteiger partial charge in [-0.1, -0.05) is 6.07 Å². The Morgan fingerprint density at radius 1 is 0.875 bits per heavy atom. The molecular formula is C14H18N2. The van der Waals surface area contributed by atoms with Gasteiger partial charge in [0.05, 0.1) is 0 Å². The first-order chi connectivity index (χ1) is 7.67. The van der Waals surface area contributed by atoms with Crippen molar-refractivity contribution in [2.24, 2.45) is 0 Å². The van der Waals surface area contributed by atoms with Gasteiger partial charge in [-0.3, -0.25) is 0 Å². The van der Waals surface area contributed by atoms with Gasteiger partial charge >= 0.3 is 0 Å². The summed E-state index contributed by atoms with van der Waals surface area (Å²) in [6, 6.07) is 8.72. The van der Waals surface area contributed by atoms with Crippen LogP contribution >= 0.6 is 0 Å². The standard InChI is InChI=1S/C14H18N2/c1-9-7-14(16-4)10(2)12-6-5-11(15-3)8-13(9)12/h5-8,15-16H,1-4H3. The second kappa shape index (κ2) is 4.05. The Balaban J connectivity index is 2.79. The Bertz CT molecular complexity index is 530. The number of hydrogen-bond acceptors (Lipinski definition) is 2. The third kappa shape index (κ3) is 1.60. The Kier molecular flexibility index (Phi) is 2.73. The molecule has 2 rings (SSSR count). The summed E-state index contributed by atoms with van der Waals surface area (Å²) in [7, 11) is 3.92. The van der Waals surface area contributed by atoms with Gasteiger partial charge in [-0.15, -0.1) is 0 Å². The highest BCUT2D eigenvalue weighted by atomic mass is 14.8. The Hall–Kier alpha value is -1.70. The molecule has 0 saturated carbocycles. The van der Waals surface area contributed by atoms with E-state index in [1.807, 2.05) is 14.1 Å². The number of benzene rings is 2. The first-order valence-corrected chi connectivity index (χ1v) is 5.57. The highest BCUT2D eigenvalue weighted by molar-refractivity contribution is 5.94. The molecule has 16 heavy (non-hydrogen) atoms. The van der Waals surface area contributed by atoms with Gasteiger partial charge < -0.3 is 10.6 Å². The molecule has 0 bridgehead atoms. The van der Waals surface area contributed by atoms with E-state index in [-0.39, 0.29) is 0 Å². The molecule has 2 N–H and O–H groups in total. The van der Waals surface area contributed by atoms with Crippen LogP contribution in [0.5, 0.6) is 0 Å². The molecule has 0 aliphatic carbocycles. The van der Waals surface area contributed by atoms with Crippen LogP contribution < -0.4 is 10.6 Å². The van der Waals surface area contributed by atoms with Gasteiger partial charge in [0.25, 0.3) is 0 Å². The molecule has 0 heterocycles. The van der Waals surface area contributed by atoms with Crippen LogP contribution in [0.3, 0.4) is 0 Å². The lowest BCUT2D eigenvalue weighted by Gasteiger charge is -2.13. The van der Waals surface area contributed by atoms with Gasteiger partial charge in [0.15, 0.2) is 0 Å². The molecule has 0 radical (unpaired) electrons. The van der Waals surface area contributed by atoms with Crippen LogP contribution in [0.2, 0.25) is 0 Å². The molecule has 0 fully saturated rings. The monoisotopic (exact) mass is 214 g/mol. The largest absolute Gasteiger partial charge is 0.388 e. The van der Waals surface area contributed by atoms with Gasteiger partial charge in [-0.05, 0) is 53.9 Å². The SMILES string of the molecule is CNc1ccc2c(C)c(NC)cc(C)c2c1. The average molecular weight is 214 g/mol. The van der Waals surface area contributed by atoms with Crippen molar-refractivity contribution >= 4 is 22.1 Å². The Labute approximate surface area is 96.7 Å². The lowest BCUT2D eigenvalue weighted by atomic mass is 9.98. The van der Waals surface area contributed by atoms with Gasteiger partial charge in [0.1, 0.15) is 0 Å². The van der Waals surface area contributed by atoms with Crippen molar-refractivity contribution in [2.45, 2.75) is 13.8 Å². The number of fused-ring (bicyclic) bond motifs is 1. The minimum Gasteiger partial charge on any atom is -0.388 e. The topological polar surface area (TPSA) is 24.1 Å². The average Bonchev–Trinajstić information content (AvgIpc) is 2.33. The molecule has 2 aromatic carbocycles. The normalized spacial score (nSPS) is 10.5. The molecule has 0 aliphatic heterocycles. The number of rotatable bonds is 2. The lowest BCUT2D eigenvalue weighted by molar-refractivity contribution is 1.40. The maximum Gasteiger partial charge on any atom is 0.0376 e. The van der Waals surface area contributed by atoms with Crippen LogP contribution in [0, 0.1) is 13.8 Å². The summed E-state index contributed by atoms with van der Waals surface area (Å²) >= 11 is 0. The van der Waals surface area contributed by atoms with Crippen LogP contribution in [-0.4, -0.2) is 14.1 Å². The van der Waals surface area contributed by atoms with E-state index >= 15 is 0 Å². The summed E-state index contributed by atoms with van der Waals surface area (Å²) < 4.78 is 0. The van der Waals surface area contributed by atoms with Gasteiger partial charge in [-0.2, -0.15) is 0 Å². The molecule has 0 atom stereocenters. The smallest absolute Gasteiger partial charge is 0.0376 e. The van der Waals surface area contributed by atoms with Crippen LogP contribution in [0.25, 0.3) is 10.8 Å². The summed E-state index contributed by atoms with van der Waals surface area (Å²) in [5.74, 6) is 0. The van der Waals surface area contributed by atoms with E-state index in [1.54, 1.807) is 0 Å². The zero-order valence-corrected chi connectivity index (χ0v) is 10.3. The van der Waals surface area contributed by atoms with Crippen LogP contribution in [0.1, 0.15) is 11.1 Å². The van der Waals surface area contributed by atoms with E-state index in [0.29, 0.717) is 0 Å². The molecular weight excluding hydrogens is 196 g/mol. The Morgan fingerprint density at radius 2 is 1.62 bits per heavy atom. The van der Waals surface area contributed by atoms with E-state index in [0.717, 1.165) is 5.69 Å². The van der Waals surface area contributed by atoms with Crippen LogP contribution in [0.15, 0.2) is 24.3 Å². The zero-order valence-electron chi connectivity index (χ0n) is 10.3. The third-order valence-electron chi connectivity index (χ3n) is 3.17. The minimum atomic E-state index is 1.16. The highest BCUT2D eigenvalue weighted by Crippen LogP contribution is 2.30. The van der Waals surface area contributed by atoms with Crippen LogP contribution in [-0.2, 0) is 0 Å².